The Bertz CT molecular complexity index is 613. The van der Waals surface area contributed by atoms with E-state index in [-0.39, 0.29) is 0 Å². The van der Waals surface area contributed by atoms with E-state index in [1.807, 2.05) is 19.2 Å². The molecule has 0 atom stereocenters. The molecule has 0 amide bonds. The second-order valence-electron chi connectivity index (χ2n) is 6.06. The highest BCUT2D eigenvalue weighted by molar-refractivity contribution is 5.67. The van der Waals surface area contributed by atoms with Crippen LogP contribution in [0.25, 0.3) is 0 Å². The highest BCUT2D eigenvalue weighted by Gasteiger charge is 2.21. The maximum atomic E-state index is 6.19. The van der Waals surface area contributed by atoms with Crippen molar-refractivity contribution in [1.29, 1.82) is 0 Å². The van der Waals surface area contributed by atoms with Crippen LogP contribution in [-0.2, 0) is 0 Å². The zero-order valence-corrected chi connectivity index (χ0v) is 13.6. The van der Waals surface area contributed by atoms with Crippen molar-refractivity contribution in [1.82, 2.24) is 4.98 Å². The lowest BCUT2D eigenvalue weighted by molar-refractivity contribution is 0.647. The van der Waals surface area contributed by atoms with Crippen molar-refractivity contribution in [3.05, 3.63) is 47.2 Å². The van der Waals surface area contributed by atoms with Crippen LogP contribution < -0.4 is 15.5 Å². The van der Waals surface area contributed by atoms with Gasteiger partial charge in [0.05, 0.1) is 5.69 Å². The van der Waals surface area contributed by atoms with Gasteiger partial charge in [0.25, 0.3) is 0 Å². The SMILES string of the molecule is Cc1cccc(N2CCN(c3nccc(C)c3N)CC2)c1C. The molecule has 0 aliphatic carbocycles. The zero-order chi connectivity index (χ0) is 15.7. The highest BCUT2D eigenvalue weighted by atomic mass is 15.3. The molecule has 2 aromatic rings. The van der Waals surface area contributed by atoms with Crippen LogP contribution in [0.5, 0.6) is 0 Å². The van der Waals surface area contributed by atoms with Gasteiger partial charge in [-0.2, -0.15) is 0 Å². The molecule has 4 heteroatoms. The number of benzene rings is 1. The van der Waals surface area contributed by atoms with Crippen molar-refractivity contribution in [2.75, 3.05) is 41.7 Å². The summed E-state index contributed by atoms with van der Waals surface area (Å²) < 4.78 is 0. The van der Waals surface area contributed by atoms with Gasteiger partial charge in [-0.1, -0.05) is 12.1 Å². The third-order valence-corrected chi connectivity index (χ3v) is 4.68. The standard InChI is InChI=1S/C18H24N4/c1-13-5-4-6-16(15(13)3)21-9-11-22(12-10-21)18-17(19)14(2)7-8-20-18/h4-8H,9-12,19H2,1-3H3. The molecule has 22 heavy (non-hydrogen) atoms. The van der Waals surface area contributed by atoms with Crippen LogP contribution >= 0.6 is 0 Å². The number of piperazine rings is 1. The number of nitrogens with zero attached hydrogens (tertiary/aromatic N) is 3. The van der Waals surface area contributed by atoms with Crippen molar-refractivity contribution in [3.63, 3.8) is 0 Å². The molecule has 1 fully saturated rings. The van der Waals surface area contributed by atoms with Crippen molar-refractivity contribution in [3.8, 4) is 0 Å². The van der Waals surface area contributed by atoms with Crippen LogP contribution in [0.3, 0.4) is 0 Å². The highest BCUT2D eigenvalue weighted by Crippen LogP contribution is 2.27. The van der Waals surface area contributed by atoms with Gasteiger partial charge >= 0.3 is 0 Å². The van der Waals surface area contributed by atoms with Gasteiger partial charge in [-0.15, -0.1) is 0 Å². The Kier molecular flexibility index (Phi) is 3.92. The number of nitrogens with two attached hydrogens (primary N) is 1. The molecule has 0 saturated carbocycles. The van der Waals surface area contributed by atoms with E-state index in [0.29, 0.717) is 0 Å². The van der Waals surface area contributed by atoms with Gasteiger partial charge in [-0.3, -0.25) is 0 Å². The summed E-state index contributed by atoms with van der Waals surface area (Å²) in [5.74, 6) is 0.931. The molecule has 1 aromatic heterocycles. The number of anilines is 3. The summed E-state index contributed by atoms with van der Waals surface area (Å²) in [5, 5.41) is 0. The zero-order valence-electron chi connectivity index (χ0n) is 13.6. The number of rotatable bonds is 2. The number of hydrogen-bond donors (Lipinski definition) is 1. The normalized spacial score (nSPS) is 15.2. The molecule has 3 rings (SSSR count). The lowest BCUT2D eigenvalue weighted by atomic mass is 10.1. The van der Waals surface area contributed by atoms with Gasteiger partial charge in [-0.25, -0.2) is 4.98 Å². The average Bonchev–Trinajstić information content (AvgIpc) is 2.53. The Morgan fingerprint density at radius 1 is 0.909 bits per heavy atom. The number of hydrogen-bond acceptors (Lipinski definition) is 4. The Morgan fingerprint density at radius 2 is 1.59 bits per heavy atom. The van der Waals surface area contributed by atoms with Crippen molar-refractivity contribution in [2.45, 2.75) is 20.8 Å². The monoisotopic (exact) mass is 296 g/mol. The summed E-state index contributed by atoms with van der Waals surface area (Å²) in [6, 6.07) is 8.50. The predicted molar refractivity (Wildman–Crippen MR) is 93.7 cm³/mol. The average molecular weight is 296 g/mol. The number of nitrogen functional groups attached to an aromatic ring is 1. The summed E-state index contributed by atoms with van der Waals surface area (Å²) >= 11 is 0. The second kappa shape index (κ2) is 5.87. The molecule has 0 spiro atoms. The predicted octanol–water partition coefficient (Wildman–Crippen LogP) is 2.92. The van der Waals surface area contributed by atoms with Crippen LogP contribution in [0.1, 0.15) is 16.7 Å². The molecule has 0 radical (unpaired) electrons. The fraction of sp³-hybridized carbons (Fsp3) is 0.389. The van der Waals surface area contributed by atoms with E-state index < -0.39 is 0 Å². The first-order chi connectivity index (χ1) is 10.6. The van der Waals surface area contributed by atoms with E-state index >= 15 is 0 Å². The first-order valence-corrected chi connectivity index (χ1v) is 7.85. The first kappa shape index (κ1) is 14.7. The minimum atomic E-state index is 0.808. The van der Waals surface area contributed by atoms with Crippen LogP contribution in [0.2, 0.25) is 0 Å². The van der Waals surface area contributed by atoms with Crippen molar-refractivity contribution >= 4 is 17.2 Å². The summed E-state index contributed by atoms with van der Waals surface area (Å²) in [5.41, 5.74) is 12.2. The quantitative estimate of drug-likeness (QED) is 0.925. The molecule has 1 aromatic carbocycles. The third kappa shape index (κ3) is 2.61. The molecule has 1 aliphatic heterocycles. The van der Waals surface area contributed by atoms with E-state index in [2.05, 4.69) is 46.8 Å². The van der Waals surface area contributed by atoms with Gasteiger partial charge in [0.2, 0.25) is 0 Å². The van der Waals surface area contributed by atoms with E-state index in [4.69, 9.17) is 5.73 Å². The molecular weight excluding hydrogens is 272 g/mol. The lowest BCUT2D eigenvalue weighted by Crippen LogP contribution is -2.47. The molecule has 4 nitrogen and oxygen atoms in total. The van der Waals surface area contributed by atoms with Gasteiger partial charge in [-0.05, 0) is 49.6 Å². The van der Waals surface area contributed by atoms with Gasteiger partial charge < -0.3 is 15.5 Å². The van der Waals surface area contributed by atoms with E-state index in [0.717, 1.165) is 43.2 Å². The molecule has 116 valence electrons. The topological polar surface area (TPSA) is 45.4 Å². The van der Waals surface area contributed by atoms with Gasteiger partial charge in [0.1, 0.15) is 0 Å². The summed E-state index contributed by atoms with van der Waals surface area (Å²) in [7, 11) is 0. The molecule has 0 unspecified atom stereocenters. The molecule has 2 N–H and O–H groups in total. The van der Waals surface area contributed by atoms with E-state index in [1.165, 1.54) is 16.8 Å². The second-order valence-corrected chi connectivity index (χ2v) is 6.06. The van der Waals surface area contributed by atoms with E-state index in [9.17, 15) is 0 Å². The number of aromatic nitrogens is 1. The fourth-order valence-corrected chi connectivity index (χ4v) is 3.04. The molecule has 1 saturated heterocycles. The summed E-state index contributed by atoms with van der Waals surface area (Å²) in [4.78, 5) is 9.23. The number of aryl methyl sites for hydroxylation is 2. The van der Waals surface area contributed by atoms with Crippen LogP contribution in [-0.4, -0.2) is 31.2 Å². The minimum absolute atomic E-state index is 0.808. The molecule has 0 bridgehead atoms. The maximum Gasteiger partial charge on any atom is 0.152 e. The summed E-state index contributed by atoms with van der Waals surface area (Å²) in [6.07, 6.45) is 1.85. The van der Waals surface area contributed by atoms with Crippen molar-refractivity contribution < 1.29 is 0 Å². The molecule has 1 aliphatic rings. The van der Waals surface area contributed by atoms with Gasteiger partial charge in [0.15, 0.2) is 5.82 Å². The Balaban J connectivity index is 1.75. The lowest BCUT2D eigenvalue weighted by Gasteiger charge is -2.38. The third-order valence-electron chi connectivity index (χ3n) is 4.68. The number of pyridine rings is 1. The van der Waals surface area contributed by atoms with Crippen LogP contribution in [0, 0.1) is 20.8 Å². The van der Waals surface area contributed by atoms with Crippen molar-refractivity contribution in [2.24, 2.45) is 0 Å². The van der Waals surface area contributed by atoms with Crippen LogP contribution in [0.15, 0.2) is 30.5 Å². The van der Waals surface area contributed by atoms with Crippen LogP contribution in [0.4, 0.5) is 17.2 Å². The largest absolute Gasteiger partial charge is 0.396 e. The Hall–Kier alpha value is -2.23. The van der Waals surface area contributed by atoms with E-state index in [1.54, 1.807) is 0 Å². The molecule has 2 heterocycles. The Morgan fingerprint density at radius 3 is 2.32 bits per heavy atom. The Labute approximate surface area is 132 Å². The summed E-state index contributed by atoms with van der Waals surface area (Å²) in [6.45, 7) is 10.3. The van der Waals surface area contributed by atoms with Gasteiger partial charge in [0, 0.05) is 38.1 Å². The maximum absolute atomic E-state index is 6.19. The minimum Gasteiger partial charge on any atom is -0.396 e. The smallest absolute Gasteiger partial charge is 0.152 e. The molecular formula is C18H24N4. The first-order valence-electron chi connectivity index (χ1n) is 7.85. The fourth-order valence-electron chi connectivity index (χ4n) is 3.04.